The number of ether oxygens (including phenoxy) is 2. The van der Waals surface area contributed by atoms with Crippen molar-refractivity contribution in [2.24, 2.45) is 10.9 Å². The molecule has 0 saturated carbocycles. The van der Waals surface area contributed by atoms with Crippen LogP contribution in [-0.4, -0.2) is 31.5 Å². The molecule has 132 valence electrons. The van der Waals surface area contributed by atoms with E-state index in [1.54, 1.807) is 24.4 Å². The number of aromatic hydroxyl groups is 1. The fourth-order valence-electron chi connectivity index (χ4n) is 3.08. The zero-order valence-corrected chi connectivity index (χ0v) is 15.4. The van der Waals surface area contributed by atoms with Crippen LogP contribution in [0.15, 0.2) is 23.2 Å². The number of esters is 1. The summed E-state index contributed by atoms with van der Waals surface area (Å²) < 4.78 is 10.1. The van der Waals surface area contributed by atoms with Crippen LogP contribution in [0.3, 0.4) is 0 Å². The van der Waals surface area contributed by atoms with Crippen molar-refractivity contribution in [1.29, 1.82) is 0 Å². The number of thiophene rings is 1. The van der Waals surface area contributed by atoms with Crippen molar-refractivity contribution in [1.82, 2.24) is 0 Å². The smallest absolute Gasteiger partial charge is 0.341 e. The minimum Gasteiger partial charge on any atom is -0.504 e. The maximum Gasteiger partial charge on any atom is 0.341 e. The van der Waals surface area contributed by atoms with Crippen molar-refractivity contribution in [2.75, 3.05) is 14.2 Å². The molecule has 0 amide bonds. The van der Waals surface area contributed by atoms with Crippen molar-refractivity contribution >= 4 is 28.5 Å². The average Bonchev–Trinajstić information content (AvgIpc) is 2.97. The van der Waals surface area contributed by atoms with Crippen LogP contribution in [-0.2, 0) is 17.6 Å². The summed E-state index contributed by atoms with van der Waals surface area (Å²) in [5.41, 5.74) is 2.17. The maximum absolute atomic E-state index is 12.3. The molecule has 1 aliphatic rings. The first kappa shape index (κ1) is 17.5. The Hall–Kier alpha value is -2.34. The lowest BCUT2D eigenvalue weighted by Crippen LogP contribution is -2.12. The lowest BCUT2D eigenvalue weighted by Gasteiger charge is -2.18. The SMILES string of the molecule is COC(=O)c1c(N=Cc2cccc(OC)c2O)sc2c1CCC(C)C2. The van der Waals surface area contributed by atoms with Gasteiger partial charge in [-0.05, 0) is 42.9 Å². The first-order valence-corrected chi connectivity index (χ1v) is 8.99. The second kappa shape index (κ2) is 7.27. The van der Waals surface area contributed by atoms with Gasteiger partial charge in [0.15, 0.2) is 11.5 Å². The Kier molecular flexibility index (Phi) is 5.08. The average molecular weight is 359 g/mol. The van der Waals surface area contributed by atoms with E-state index >= 15 is 0 Å². The Bertz CT molecular complexity index is 825. The largest absolute Gasteiger partial charge is 0.504 e. The van der Waals surface area contributed by atoms with Gasteiger partial charge >= 0.3 is 5.97 Å². The number of phenolic OH excluding ortho intramolecular Hbond substituents is 1. The predicted octanol–water partition coefficient (Wildman–Crippen LogP) is 4.12. The van der Waals surface area contributed by atoms with Crippen molar-refractivity contribution in [2.45, 2.75) is 26.2 Å². The number of methoxy groups -OCH3 is 2. The van der Waals surface area contributed by atoms with Gasteiger partial charge in [0.1, 0.15) is 5.00 Å². The van der Waals surface area contributed by atoms with Gasteiger partial charge in [-0.15, -0.1) is 11.3 Å². The molecule has 0 saturated heterocycles. The quantitative estimate of drug-likeness (QED) is 0.658. The zero-order valence-electron chi connectivity index (χ0n) is 14.5. The molecule has 1 heterocycles. The summed E-state index contributed by atoms with van der Waals surface area (Å²) in [6.07, 6.45) is 4.46. The van der Waals surface area contributed by atoms with Crippen LogP contribution in [0.2, 0.25) is 0 Å². The fraction of sp³-hybridized carbons (Fsp3) is 0.368. The second-order valence-electron chi connectivity index (χ2n) is 6.18. The molecular formula is C19H21NO4S. The normalized spacial score (nSPS) is 16.7. The van der Waals surface area contributed by atoms with Crippen LogP contribution in [0.5, 0.6) is 11.5 Å². The van der Waals surface area contributed by atoms with E-state index in [0.717, 1.165) is 24.8 Å². The molecular weight excluding hydrogens is 338 g/mol. The zero-order chi connectivity index (χ0) is 18.0. The molecule has 3 rings (SSSR count). The van der Waals surface area contributed by atoms with E-state index in [4.69, 9.17) is 9.47 Å². The highest BCUT2D eigenvalue weighted by atomic mass is 32.1. The summed E-state index contributed by atoms with van der Waals surface area (Å²) in [7, 11) is 2.89. The number of para-hydroxylation sites is 1. The molecule has 1 N–H and O–H groups in total. The molecule has 0 bridgehead atoms. The first-order chi connectivity index (χ1) is 12.0. The van der Waals surface area contributed by atoms with Crippen LogP contribution in [0.25, 0.3) is 0 Å². The van der Waals surface area contributed by atoms with Crippen molar-refractivity contribution < 1.29 is 19.4 Å². The Morgan fingerprint density at radius 2 is 2.20 bits per heavy atom. The summed E-state index contributed by atoms with van der Waals surface area (Å²) in [5.74, 6) is 0.671. The number of carbonyl (C=O) groups excluding carboxylic acids is 1. The van der Waals surface area contributed by atoms with Gasteiger partial charge in [-0.1, -0.05) is 13.0 Å². The summed E-state index contributed by atoms with van der Waals surface area (Å²) in [6, 6.07) is 5.20. The third-order valence-electron chi connectivity index (χ3n) is 4.45. The lowest BCUT2D eigenvalue weighted by atomic mass is 9.88. The van der Waals surface area contributed by atoms with Gasteiger partial charge in [-0.25, -0.2) is 9.79 Å². The molecule has 0 fully saturated rings. The molecule has 0 aliphatic heterocycles. The van der Waals surface area contributed by atoms with Crippen molar-refractivity contribution in [3.63, 3.8) is 0 Å². The molecule has 2 aromatic rings. The van der Waals surface area contributed by atoms with Gasteiger partial charge in [-0.2, -0.15) is 0 Å². The van der Waals surface area contributed by atoms with E-state index in [1.807, 2.05) is 0 Å². The number of aliphatic imine (C=N–C) groups is 1. The molecule has 6 heteroatoms. The van der Waals surface area contributed by atoms with Crippen LogP contribution in [0.4, 0.5) is 5.00 Å². The number of carbonyl (C=O) groups is 1. The number of fused-ring (bicyclic) bond motifs is 1. The Balaban J connectivity index is 2.01. The minimum absolute atomic E-state index is 0.0308. The molecule has 1 aliphatic carbocycles. The molecule has 0 spiro atoms. The standard InChI is InChI=1S/C19H21NO4S/c1-11-7-8-13-15(9-11)25-18(16(13)19(22)24-3)20-10-12-5-4-6-14(23-2)17(12)21/h4-6,10-11,21H,7-9H2,1-3H3. The highest BCUT2D eigenvalue weighted by Gasteiger charge is 2.27. The molecule has 1 aromatic heterocycles. The van der Waals surface area contributed by atoms with Gasteiger partial charge in [0.2, 0.25) is 0 Å². The third-order valence-corrected chi connectivity index (χ3v) is 5.62. The summed E-state index contributed by atoms with van der Waals surface area (Å²) in [5, 5.41) is 10.8. The summed E-state index contributed by atoms with van der Waals surface area (Å²) in [4.78, 5) is 18.0. The maximum atomic E-state index is 12.3. The lowest BCUT2D eigenvalue weighted by molar-refractivity contribution is 0.0600. The fourth-order valence-corrected chi connectivity index (χ4v) is 4.42. The summed E-state index contributed by atoms with van der Waals surface area (Å²) in [6.45, 7) is 2.22. The van der Waals surface area contributed by atoms with E-state index in [2.05, 4.69) is 11.9 Å². The molecule has 1 atom stereocenters. The topological polar surface area (TPSA) is 68.1 Å². The van der Waals surface area contributed by atoms with Crippen LogP contribution < -0.4 is 4.74 Å². The van der Waals surface area contributed by atoms with Crippen LogP contribution in [0.1, 0.15) is 39.7 Å². The van der Waals surface area contributed by atoms with Gasteiger partial charge in [0.05, 0.1) is 19.8 Å². The Morgan fingerprint density at radius 1 is 1.40 bits per heavy atom. The predicted molar refractivity (Wildman–Crippen MR) is 98.8 cm³/mol. The van der Waals surface area contributed by atoms with E-state index in [-0.39, 0.29) is 11.7 Å². The van der Waals surface area contributed by atoms with E-state index in [1.165, 1.54) is 30.4 Å². The second-order valence-corrected chi connectivity index (χ2v) is 7.26. The molecule has 0 radical (unpaired) electrons. The highest BCUT2D eigenvalue weighted by molar-refractivity contribution is 7.16. The number of benzene rings is 1. The Morgan fingerprint density at radius 3 is 2.92 bits per heavy atom. The van der Waals surface area contributed by atoms with E-state index < -0.39 is 0 Å². The van der Waals surface area contributed by atoms with E-state index in [9.17, 15) is 9.90 Å². The van der Waals surface area contributed by atoms with Crippen molar-refractivity contribution in [3.05, 3.63) is 39.8 Å². The number of phenols is 1. The summed E-state index contributed by atoms with van der Waals surface area (Å²) >= 11 is 1.53. The third kappa shape index (κ3) is 3.39. The van der Waals surface area contributed by atoms with Gasteiger partial charge in [0, 0.05) is 16.7 Å². The van der Waals surface area contributed by atoms with Crippen LogP contribution in [0, 0.1) is 5.92 Å². The number of nitrogens with zero attached hydrogens (tertiary/aromatic N) is 1. The number of rotatable bonds is 4. The molecule has 25 heavy (non-hydrogen) atoms. The van der Waals surface area contributed by atoms with Gasteiger partial charge < -0.3 is 14.6 Å². The first-order valence-electron chi connectivity index (χ1n) is 8.18. The monoisotopic (exact) mass is 359 g/mol. The van der Waals surface area contributed by atoms with E-state index in [0.29, 0.717) is 27.8 Å². The van der Waals surface area contributed by atoms with Gasteiger partial charge in [0.25, 0.3) is 0 Å². The minimum atomic E-state index is -0.353. The Labute approximate surface area is 150 Å². The molecule has 5 nitrogen and oxygen atoms in total. The van der Waals surface area contributed by atoms with Gasteiger partial charge in [-0.3, -0.25) is 0 Å². The highest BCUT2D eigenvalue weighted by Crippen LogP contribution is 2.41. The van der Waals surface area contributed by atoms with Crippen molar-refractivity contribution in [3.8, 4) is 11.5 Å². The van der Waals surface area contributed by atoms with Crippen LogP contribution >= 0.6 is 11.3 Å². The number of hydrogen-bond donors (Lipinski definition) is 1. The molecule has 1 aromatic carbocycles. The number of hydrogen-bond acceptors (Lipinski definition) is 6. The molecule has 1 unspecified atom stereocenters.